The third kappa shape index (κ3) is 4.63. The molecule has 2 amide bonds. The first-order valence-electron chi connectivity index (χ1n) is 11.0. The Labute approximate surface area is 197 Å². The number of amides is 2. The molecule has 0 unspecified atom stereocenters. The number of carbonyl (C=O) groups is 3. The van der Waals surface area contributed by atoms with E-state index in [4.69, 9.17) is 9.47 Å². The van der Waals surface area contributed by atoms with Crippen LogP contribution in [0.4, 0.5) is 16.2 Å². The summed E-state index contributed by atoms with van der Waals surface area (Å²) in [6.45, 7) is 4.61. The van der Waals surface area contributed by atoms with Gasteiger partial charge in [0.15, 0.2) is 0 Å². The van der Waals surface area contributed by atoms with Gasteiger partial charge in [-0.3, -0.25) is 14.5 Å². The number of para-hydroxylation sites is 2. The topological polar surface area (TPSA) is 103 Å². The molecular formula is C25H26N4O5. The summed E-state index contributed by atoms with van der Waals surface area (Å²) in [5.41, 5.74) is 5.19. The second-order valence-electron chi connectivity index (χ2n) is 7.92. The van der Waals surface area contributed by atoms with Crippen LogP contribution in [0, 0.1) is 13.8 Å². The molecule has 0 spiro atoms. The molecule has 1 N–H and O–H groups in total. The van der Waals surface area contributed by atoms with Gasteiger partial charge in [-0.15, -0.1) is 0 Å². The molecule has 1 aliphatic heterocycles. The van der Waals surface area contributed by atoms with Crippen molar-refractivity contribution in [3.8, 4) is 5.69 Å². The second kappa shape index (κ2) is 9.78. The summed E-state index contributed by atoms with van der Waals surface area (Å²) in [5.74, 6) is -0.552. The van der Waals surface area contributed by atoms with Crippen LogP contribution in [0.2, 0.25) is 0 Å². The van der Waals surface area contributed by atoms with E-state index < -0.39 is 6.09 Å². The van der Waals surface area contributed by atoms with Crippen LogP contribution in [0.1, 0.15) is 33.7 Å². The fraction of sp³-hybridized carbons (Fsp3) is 0.280. The van der Waals surface area contributed by atoms with Gasteiger partial charge < -0.3 is 14.8 Å². The SMILES string of the molecule is COC(=O)CCc1c(C)nn(-c2ccc(C(=O)Nc3ccccc3N3CCOC3=O)cc2)c1C. The molecule has 176 valence electrons. The number of aromatic nitrogens is 2. The lowest BCUT2D eigenvalue weighted by atomic mass is 10.1. The lowest BCUT2D eigenvalue weighted by Gasteiger charge is -2.17. The van der Waals surface area contributed by atoms with Gasteiger partial charge >= 0.3 is 12.1 Å². The van der Waals surface area contributed by atoms with Crippen LogP contribution in [0.15, 0.2) is 48.5 Å². The van der Waals surface area contributed by atoms with Crippen LogP contribution >= 0.6 is 0 Å². The molecule has 1 aliphatic rings. The molecule has 2 aromatic carbocycles. The molecule has 0 aliphatic carbocycles. The van der Waals surface area contributed by atoms with E-state index in [0.717, 1.165) is 22.6 Å². The van der Waals surface area contributed by atoms with E-state index in [1.165, 1.54) is 12.0 Å². The average Bonchev–Trinajstić information content (AvgIpc) is 3.40. The van der Waals surface area contributed by atoms with Gasteiger partial charge in [-0.1, -0.05) is 12.1 Å². The van der Waals surface area contributed by atoms with Crippen LogP contribution in [0.5, 0.6) is 0 Å². The average molecular weight is 463 g/mol. The maximum atomic E-state index is 12.9. The van der Waals surface area contributed by atoms with Crippen molar-refractivity contribution >= 4 is 29.3 Å². The summed E-state index contributed by atoms with van der Waals surface area (Å²) in [6.07, 6.45) is 0.413. The third-order valence-corrected chi connectivity index (χ3v) is 5.83. The van der Waals surface area contributed by atoms with E-state index in [0.29, 0.717) is 42.9 Å². The first-order chi connectivity index (χ1) is 16.4. The van der Waals surface area contributed by atoms with E-state index in [1.54, 1.807) is 41.1 Å². The number of nitrogens with zero attached hydrogens (tertiary/aromatic N) is 3. The van der Waals surface area contributed by atoms with Crippen LogP contribution in [0.25, 0.3) is 5.69 Å². The number of methoxy groups -OCH3 is 1. The minimum absolute atomic E-state index is 0.259. The Hall–Kier alpha value is -4.14. The largest absolute Gasteiger partial charge is 0.469 e. The summed E-state index contributed by atoms with van der Waals surface area (Å²) in [7, 11) is 1.38. The molecule has 0 saturated carbocycles. The Morgan fingerprint density at radius 3 is 2.53 bits per heavy atom. The number of ether oxygens (including phenoxy) is 2. The van der Waals surface area contributed by atoms with Crippen molar-refractivity contribution in [3.05, 3.63) is 71.0 Å². The van der Waals surface area contributed by atoms with Crippen LogP contribution in [-0.2, 0) is 20.7 Å². The summed E-state index contributed by atoms with van der Waals surface area (Å²) < 4.78 is 11.6. The second-order valence-corrected chi connectivity index (χ2v) is 7.92. The lowest BCUT2D eigenvalue weighted by Crippen LogP contribution is -2.25. The fourth-order valence-electron chi connectivity index (χ4n) is 3.99. The lowest BCUT2D eigenvalue weighted by molar-refractivity contribution is -0.140. The zero-order valence-electron chi connectivity index (χ0n) is 19.3. The van der Waals surface area contributed by atoms with Crippen molar-refractivity contribution < 1.29 is 23.9 Å². The Balaban J connectivity index is 1.50. The first kappa shape index (κ1) is 23.0. The number of nitrogens with one attached hydrogen (secondary N) is 1. The third-order valence-electron chi connectivity index (χ3n) is 5.83. The predicted octanol–water partition coefficient (Wildman–Crippen LogP) is 3.80. The highest BCUT2D eigenvalue weighted by atomic mass is 16.6. The molecular weight excluding hydrogens is 436 g/mol. The Kier molecular flexibility index (Phi) is 6.62. The molecule has 1 fully saturated rings. The van der Waals surface area contributed by atoms with Crippen molar-refractivity contribution in [3.63, 3.8) is 0 Å². The molecule has 1 aromatic heterocycles. The number of hydrogen-bond donors (Lipinski definition) is 1. The highest BCUT2D eigenvalue weighted by Gasteiger charge is 2.26. The molecule has 0 radical (unpaired) electrons. The summed E-state index contributed by atoms with van der Waals surface area (Å²) in [6, 6.07) is 14.2. The summed E-state index contributed by atoms with van der Waals surface area (Å²) in [5, 5.41) is 7.49. The molecule has 0 atom stereocenters. The quantitative estimate of drug-likeness (QED) is 0.536. The number of aryl methyl sites for hydroxylation is 1. The molecule has 4 rings (SSSR count). The zero-order chi connectivity index (χ0) is 24.2. The predicted molar refractivity (Wildman–Crippen MR) is 126 cm³/mol. The molecule has 2 heterocycles. The van der Waals surface area contributed by atoms with Gasteiger partial charge in [-0.2, -0.15) is 5.10 Å². The minimum atomic E-state index is -0.429. The van der Waals surface area contributed by atoms with Crippen molar-refractivity contribution in [2.45, 2.75) is 26.7 Å². The smallest absolute Gasteiger partial charge is 0.414 e. The highest BCUT2D eigenvalue weighted by molar-refractivity contribution is 6.07. The molecule has 0 bridgehead atoms. The maximum Gasteiger partial charge on any atom is 0.414 e. The van der Waals surface area contributed by atoms with Gasteiger partial charge in [-0.25, -0.2) is 9.48 Å². The summed E-state index contributed by atoms with van der Waals surface area (Å²) in [4.78, 5) is 37.9. The van der Waals surface area contributed by atoms with E-state index in [1.807, 2.05) is 26.0 Å². The first-order valence-corrected chi connectivity index (χ1v) is 11.0. The van der Waals surface area contributed by atoms with Gasteiger partial charge in [-0.05, 0) is 62.2 Å². The molecule has 1 saturated heterocycles. The minimum Gasteiger partial charge on any atom is -0.469 e. The van der Waals surface area contributed by atoms with Gasteiger partial charge in [0.2, 0.25) is 0 Å². The Morgan fingerprint density at radius 2 is 1.85 bits per heavy atom. The maximum absolute atomic E-state index is 12.9. The van der Waals surface area contributed by atoms with Gasteiger partial charge in [0.05, 0.1) is 36.4 Å². The van der Waals surface area contributed by atoms with Crippen molar-refractivity contribution in [1.82, 2.24) is 9.78 Å². The van der Waals surface area contributed by atoms with E-state index in [9.17, 15) is 14.4 Å². The summed E-state index contributed by atoms with van der Waals surface area (Å²) >= 11 is 0. The van der Waals surface area contributed by atoms with E-state index >= 15 is 0 Å². The van der Waals surface area contributed by atoms with Crippen molar-refractivity contribution in [1.29, 1.82) is 0 Å². The van der Waals surface area contributed by atoms with Gasteiger partial charge in [0.25, 0.3) is 5.91 Å². The number of cyclic esters (lactones) is 1. The molecule has 34 heavy (non-hydrogen) atoms. The van der Waals surface area contributed by atoms with Gasteiger partial charge in [0, 0.05) is 17.7 Å². The molecule has 9 heteroatoms. The number of esters is 1. The van der Waals surface area contributed by atoms with Crippen LogP contribution < -0.4 is 10.2 Å². The molecule has 3 aromatic rings. The Bertz CT molecular complexity index is 1230. The standard InChI is InChI=1S/C25H26N4O5/c1-16-20(12-13-23(30)33-3)17(2)29(27-16)19-10-8-18(9-11-19)24(31)26-21-6-4-5-7-22(21)28-14-15-34-25(28)32/h4-11H,12-15H2,1-3H3,(H,26,31). The number of hydrogen-bond acceptors (Lipinski definition) is 6. The van der Waals surface area contributed by atoms with Crippen molar-refractivity contribution in [2.24, 2.45) is 0 Å². The number of benzene rings is 2. The van der Waals surface area contributed by atoms with Gasteiger partial charge in [0.1, 0.15) is 6.61 Å². The highest BCUT2D eigenvalue weighted by Crippen LogP contribution is 2.28. The van der Waals surface area contributed by atoms with Crippen molar-refractivity contribution in [2.75, 3.05) is 30.5 Å². The van der Waals surface area contributed by atoms with E-state index in [-0.39, 0.29) is 11.9 Å². The van der Waals surface area contributed by atoms with Crippen LogP contribution in [0.3, 0.4) is 0 Å². The molecule has 9 nitrogen and oxygen atoms in total. The normalized spacial score (nSPS) is 13.0. The van der Waals surface area contributed by atoms with Crippen LogP contribution in [-0.4, -0.2) is 48.0 Å². The van der Waals surface area contributed by atoms with E-state index in [2.05, 4.69) is 10.4 Å². The zero-order valence-corrected chi connectivity index (χ0v) is 19.3. The fourth-order valence-corrected chi connectivity index (χ4v) is 3.99. The number of anilines is 2. The number of rotatable bonds is 7. The number of carbonyl (C=O) groups excluding carboxylic acids is 3. The monoisotopic (exact) mass is 462 g/mol. The Morgan fingerprint density at radius 1 is 1.12 bits per heavy atom.